The Balaban J connectivity index is 2.32. The Kier molecular flexibility index (Phi) is 6.37. The van der Waals surface area contributed by atoms with Gasteiger partial charge >= 0.3 is 5.97 Å². The first kappa shape index (κ1) is 20.4. The van der Waals surface area contributed by atoms with Crippen LogP contribution >= 0.6 is 0 Å². The van der Waals surface area contributed by atoms with E-state index in [0.29, 0.717) is 0 Å². The summed E-state index contributed by atoms with van der Waals surface area (Å²) < 4.78 is 5.16. The van der Waals surface area contributed by atoms with Gasteiger partial charge in [0, 0.05) is 0 Å². The molecule has 1 saturated carbocycles. The minimum Gasteiger partial charge on any atom is -0.469 e. The summed E-state index contributed by atoms with van der Waals surface area (Å²) in [6.45, 7) is 8.48. The van der Waals surface area contributed by atoms with E-state index in [0.717, 1.165) is 44.1 Å². The third-order valence-corrected chi connectivity index (χ3v) is 7.19. The molecule has 2 aliphatic carbocycles. The zero-order valence-electron chi connectivity index (χ0n) is 16.5. The summed E-state index contributed by atoms with van der Waals surface area (Å²) in [6.07, 6.45) is 7.16. The van der Waals surface area contributed by atoms with E-state index in [1.165, 1.54) is 7.11 Å². The predicted octanol–water partition coefficient (Wildman–Crippen LogP) is 3.71. The molecule has 0 aromatic rings. The second kappa shape index (κ2) is 7.79. The van der Waals surface area contributed by atoms with Gasteiger partial charge < -0.3 is 14.9 Å². The Labute approximate surface area is 152 Å². The van der Waals surface area contributed by atoms with Crippen molar-refractivity contribution in [1.82, 2.24) is 0 Å². The van der Waals surface area contributed by atoms with Gasteiger partial charge in [-0.25, -0.2) is 0 Å². The standard InChI is InChI=1S/C21H36O4/c1-14(2)17(23)9-8-16-15(13-22)7-10-18-20(16,3)11-6-12-21(18,4)19(24)25-5/h7,14,16-18,22-23H,6,8-13H2,1-5H3/t16-,17+,18+,20+,21+/m0/s1. The molecule has 5 atom stereocenters. The number of fused-ring (bicyclic) bond motifs is 1. The van der Waals surface area contributed by atoms with Gasteiger partial charge in [-0.15, -0.1) is 0 Å². The fraction of sp³-hybridized carbons (Fsp3) is 0.857. The van der Waals surface area contributed by atoms with E-state index >= 15 is 0 Å². The van der Waals surface area contributed by atoms with Gasteiger partial charge in [0.2, 0.25) is 0 Å². The lowest BCUT2D eigenvalue weighted by atomic mass is 9.47. The number of hydrogen-bond acceptors (Lipinski definition) is 4. The average Bonchev–Trinajstić information content (AvgIpc) is 2.58. The van der Waals surface area contributed by atoms with E-state index in [9.17, 15) is 15.0 Å². The SMILES string of the molecule is COC(=O)[C@]1(C)CCC[C@@]2(C)[C@H]1CC=C(CO)[C@@H]2CC[C@@H](O)C(C)C. The quantitative estimate of drug-likeness (QED) is 0.565. The highest BCUT2D eigenvalue weighted by atomic mass is 16.5. The molecular formula is C21H36O4. The van der Waals surface area contributed by atoms with Crippen molar-refractivity contribution in [3.05, 3.63) is 11.6 Å². The van der Waals surface area contributed by atoms with E-state index in [-0.39, 0.29) is 41.8 Å². The fourth-order valence-electron chi connectivity index (χ4n) is 5.53. The van der Waals surface area contributed by atoms with Crippen molar-refractivity contribution in [3.63, 3.8) is 0 Å². The maximum absolute atomic E-state index is 12.6. The maximum Gasteiger partial charge on any atom is 0.311 e. The topological polar surface area (TPSA) is 66.8 Å². The summed E-state index contributed by atoms with van der Waals surface area (Å²) >= 11 is 0. The van der Waals surface area contributed by atoms with Crippen molar-refractivity contribution in [2.45, 2.75) is 72.3 Å². The van der Waals surface area contributed by atoms with Crippen LogP contribution in [0.5, 0.6) is 0 Å². The Morgan fingerprint density at radius 2 is 2.04 bits per heavy atom. The van der Waals surface area contributed by atoms with Crippen LogP contribution in [0.25, 0.3) is 0 Å². The summed E-state index contributed by atoms with van der Waals surface area (Å²) in [4.78, 5) is 12.6. The molecule has 2 N–H and O–H groups in total. The van der Waals surface area contributed by atoms with Crippen molar-refractivity contribution >= 4 is 5.97 Å². The van der Waals surface area contributed by atoms with Gasteiger partial charge in [-0.3, -0.25) is 4.79 Å². The highest BCUT2D eigenvalue weighted by Crippen LogP contribution is 2.61. The van der Waals surface area contributed by atoms with Crippen molar-refractivity contribution < 1.29 is 19.7 Å². The summed E-state index contributed by atoms with van der Waals surface area (Å²) in [5, 5.41) is 20.2. The van der Waals surface area contributed by atoms with Gasteiger partial charge in [-0.05, 0) is 67.8 Å². The van der Waals surface area contributed by atoms with Gasteiger partial charge in [-0.2, -0.15) is 0 Å². The summed E-state index contributed by atoms with van der Waals surface area (Å²) in [5.74, 6) is 0.567. The number of methoxy groups -OCH3 is 1. The van der Waals surface area contributed by atoms with Crippen molar-refractivity contribution in [2.75, 3.05) is 13.7 Å². The molecule has 0 radical (unpaired) electrons. The van der Waals surface area contributed by atoms with Crippen molar-refractivity contribution in [3.8, 4) is 0 Å². The molecule has 0 aliphatic heterocycles. The lowest BCUT2D eigenvalue weighted by Gasteiger charge is -2.56. The van der Waals surface area contributed by atoms with E-state index < -0.39 is 5.41 Å². The number of hydrogen-bond donors (Lipinski definition) is 2. The summed E-state index contributed by atoms with van der Waals surface area (Å²) in [6, 6.07) is 0. The van der Waals surface area contributed by atoms with Crippen LogP contribution in [0.2, 0.25) is 0 Å². The molecule has 0 bridgehead atoms. The van der Waals surface area contributed by atoms with Crippen LogP contribution < -0.4 is 0 Å². The second-order valence-corrected chi connectivity index (χ2v) is 8.94. The van der Waals surface area contributed by atoms with E-state index in [2.05, 4.69) is 19.9 Å². The molecule has 1 fully saturated rings. The van der Waals surface area contributed by atoms with Crippen LogP contribution in [0, 0.1) is 28.6 Å². The summed E-state index contributed by atoms with van der Waals surface area (Å²) in [5.41, 5.74) is 0.586. The molecule has 0 aromatic carbocycles. The third-order valence-electron chi connectivity index (χ3n) is 7.19. The highest BCUT2D eigenvalue weighted by molar-refractivity contribution is 5.77. The smallest absolute Gasteiger partial charge is 0.311 e. The van der Waals surface area contributed by atoms with E-state index in [1.54, 1.807) is 0 Å². The van der Waals surface area contributed by atoms with Gasteiger partial charge in [0.1, 0.15) is 0 Å². The first-order valence-corrected chi connectivity index (χ1v) is 9.77. The van der Waals surface area contributed by atoms with E-state index in [4.69, 9.17) is 4.74 Å². The van der Waals surface area contributed by atoms with Gasteiger partial charge in [0.25, 0.3) is 0 Å². The molecule has 2 rings (SSSR count). The first-order valence-electron chi connectivity index (χ1n) is 9.77. The molecule has 4 nitrogen and oxygen atoms in total. The minimum absolute atomic E-state index is 0.0370. The van der Waals surface area contributed by atoms with Crippen molar-refractivity contribution in [1.29, 1.82) is 0 Å². The molecule has 0 aromatic heterocycles. The van der Waals surface area contributed by atoms with Crippen molar-refractivity contribution in [2.24, 2.45) is 28.6 Å². The Morgan fingerprint density at radius 3 is 2.60 bits per heavy atom. The predicted molar refractivity (Wildman–Crippen MR) is 98.9 cm³/mol. The Hall–Kier alpha value is -0.870. The molecule has 0 unspecified atom stereocenters. The van der Waals surface area contributed by atoms with Gasteiger partial charge in [-0.1, -0.05) is 33.3 Å². The molecular weight excluding hydrogens is 316 g/mol. The van der Waals surface area contributed by atoms with E-state index in [1.807, 2.05) is 13.8 Å². The fourth-order valence-corrected chi connectivity index (χ4v) is 5.53. The van der Waals surface area contributed by atoms with Crippen LogP contribution in [0.3, 0.4) is 0 Å². The molecule has 0 heterocycles. The van der Waals surface area contributed by atoms with Crippen LogP contribution in [0.15, 0.2) is 11.6 Å². The van der Waals surface area contributed by atoms with Crippen LogP contribution in [0.4, 0.5) is 0 Å². The number of allylic oxidation sites excluding steroid dienone is 1. The van der Waals surface area contributed by atoms with Crippen LogP contribution in [-0.4, -0.2) is 36.0 Å². The first-order chi connectivity index (χ1) is 11.7. The Bertz CT molecular complexity index is 512. The van der Waals surface area contributed by atoms with Gasteiger partial charge in [0.15, 0.2) is 0 Å². The number of carbonyl (C=O) groups excluding carboxylic acids is 1. The minimum atomic E-state index is -0.464. The number of aliphatic hydroxyl groups is 2. The second-order valence-electron chi connectivity index (χ2n) is 8.94. The molecule has 144 valence electrons. The van der Waals surface area contributed by atoms with Crippen LogP contribution in [0.1, 0.15) is 66.2 Å². The Morgan fingerprint density at radius 1 is 1.36 bits per heavy atom. The zero-order chi connectivity index (χ0) is 18.8. The highest BCUT2D eigenvalue weighted by Gasteiger charge is 2.57. The molecule has 4 heteroatoms. The number of aliphatic hydroxyl groups excluding tert-OH is 2. The molecule has 0 amide bonds. The number of ether oxygens (including phenoxy) is 1. The summed E-state index contributed by atoms with van der Waals surface area (Å²) in [7, 11) is 1.48. The lowest BCUT2D eigenvalue weighted by Crippen LogP contribution is -2.53. The molecule has 25 heavy (non-hydrogen) atoms. The van der Waals surface area contributed by atoms with Crippen LogP contribution in [-0.2, 0) is 9.53 Å². The number of carbonyl (C=O) groups is 1. The third kappa shape index (κ3) is 3.66. The molecule has 0 saturated heterocycles. The normalized spacial score (nSPS) is 36.6. The maximum atomic E-state index is 12.6. The molecule has 2 aliphatic rings. The number of esters is 1. The number of rotatable bonds is 6. The molecule has 0 spiro atoms. The monoisotopic (exact) mass is 352 g/mol. The average molecular weight is 353 g/mol. The van der Waals surface area contributed by atoms with Gasteiger partial charge in [0.05, 0.1) is 25.2 Å². The zero-order valence-corrected chi connectivity index (χ0v) is 16.5. The lowest BCUT2D eigenvalue weighted by molar-refractivity contribution is -0.166. The largest absolute Gasteiger partial charge is 0.469 e.